The first-order chi connectivity index (χ1) is 14.3. The van der Waals surface area contributed by atoms with E-state index in [-0.39, 0.29) is 5.91 Å². The van der Waals surface area contributed by atoms with Crippen molar-refractivity contribution in [2.24, 2.45) is 0 Å². The first-order valence-corrected chi connectivity index (χ1v) is 11.2. The van der Waals surface area contributed by atoms with E-state index in [4.69, 9.17) is 0 Å². The van der Waals surface area contributed by atoms with E-state index in [1.807, 2.05) is 6.07 Å². The maximum absolute atomic E-state index is 12.1. The number of fused-ring (bicyclic) bond motifs is 1. The number of carbonyl (C=O) groups is 1. The summed E-state index contributed by atoms with van der Waals surface area (Å²) in [5, 5.41) is 6.32. The number of aromatic nitrogens is 2. The minimum atomic E-state index is 0.125. The van der Waals surface area contributed by atoms with Crippen LogP contribution in [0.1, 0.15) is 19.8 Å². The van der Waals surface area contributed by atoms with E-state index >= 15 is 0 Å². The number of anilines is 1. The lowest BCUT2D eigenvalue weighted by Gasteiger charge is -2.35. The summed E-state index contributed by atoms with van der Waals surface area (Å²) < 4.78 is 0. The number of rotatable bonds is 7. The van der Waals surface area contributed by atoms with E-state index in [1.165, 1.54) is 11.1 Å². The fraction of sp³-hybridized carbons (Fsp3) is 0.409. The lowest BCUT2D eigenvalue weighted by molar-refractivity contribution is -0.122. The summed E-state index contributed by atoms with van der Waals surface area (Å²) in [5.74, 6) is 1.13. The number of benzene rings is 1. The zero-order chi connectivity index (χ0) is 20.1. The van der Waals surface area contributed by atoms with Crippen LogP contribution in [-0.2, 0) is 4.79 Å². The van der Waals surface area contributed by atoms with Crippen LogP contribution in [0.5, 0.6) is 0 Å². The second kappa shape index (κ2) is 9.33. The van der Waals surface area contributed by atoms with Gasteiger partial charge in [0.05, 0.1) is 11.9 Å². The number of nitrogens with one attached hydrogen (secondary N) is 1. The first-order valence-electron chi connectivity index (χ1n) is 10.3. The highest BCUT2D eigenvalue weighted by atomic mass is 32.1. The van der Waals surface area contributed by atoms with E-state index in [2.05, 4.69) is 61.7 Å². The van der Waals surface area contributed by atoms with Crippen LogP contribution in [-0.4, -0.2) is 60.0 Å². The summed E-state index contributed by atoms with van der Waals surface area (Å²) in [6.45, 7) is 6.82. The molecule has 0 unspecified atom stereocenters. The third-order valence-electron chi connectivity index (χ3n) is 5.33. The van der Waals surface area contributed by atoms with Gasteiger partial charge in [0, 0.05) is 43.7 Å². The molecule has 3 heterocycles. The summed E-state index contributed by atoms with van der Waals surface area (Å²) >= 11 is 1.66. The lowest BCUT2D eigenvalue weighted by Crippen LogP contribution is -2.49. The second-order valence-electron chi connectivity index (χ2n) is 7.36. The Morgan fingerprint density at radius 1 is 1.14 bits per heavy atom. The Labute approximate surface area is 175 Å². The van der Waals surface area contributed by atoms with Gasteiger partial charge in [-0.15, -0.1) is 11.3 Å². The molecule has 0 radical (unpaired) electrons. The smallest absolute Gasteiger partial charge is 0.234 e. The van der Waals surface area contributed by atoms with Crippen molar-refractivity contribution < 1.29 is 4.79 Å². The Morgan fingerprint density at radius 2 is 1.93 bits per heavy atom. The van der Waals surface area contributed by atoms with Crippen LogP contribution in [0.4, 0.5) is 5.82 Å². The molecule has 0 bridgehead atoms. The molecule has 0 atom stereocenters. The average Bonchev–Trinajstić information content (AvgIpc) is 3.19. The van der Waals surface area contributed by atoms with Crippen molar-refractivity contribution in [3.05, 3.63) is 42.0 Å². The van der Waals surface area contributed by atoms with Gasteiger partial charge in [0.2, 0.25) is 5.91 Å². The summed E-state index contributed by atoms with van der Waals surface area (Å²) in [5.41, 5.74) is 2.39. The molecule has 29 heavy (non-hydrogen) atoms. The molecule has 0 spiro atoms. The molecule has 0 aliphatic carbocycles. The molecule has 4 rings (SSSR count). The van der Waals surface area contributed by atoms with Crippen LogP contribution < -0.4 is 10.2 Å². The number of hydrogen-bond acceptors (Lipinski definition) is 6. The predicted octanol–water partition coefficient (Wildman–Crippen LogP) is 3.40. The molecule has 1 aromatic carbocycles. The maximum Gasteiger partial charge on any atom is 0.234 e. The minimum Gasteiger partial charge on any atom is -0.355 e. The van der Waals surface area contributed by atoms with Crippen molar-refractivity contribution in [2.75, 3.05) is 44.2 Å². The fourth-order valence-electron chi connectivity index (χ4n) is 3.71. The van der Waals surface area contributed by atoms with Crippen LogP contribution in [0.15, 0.2) is 42.0 Å². The molecule has 1 aliphatic heterocycles. The average molecular weight is 410 g/mol. The Morgan fingerprint density at radius 3 is 2.69 bits per heavy atom. The van der Waals surface area contributed by atoms with Gasteiger partial charge in [0.25, 0.3) is 0 Å². The predicted molar refractivity (Wildman–Crippen MR) is 119 cm³/mol. The van der Waals surface area contributed by atoms with Crippen LogP contribution in [0, 0.1) is 0 Å². The molecule has 0 saturated carbocycles. The summed E-state index contributed by atoms with van der Waals surface area (Å²) in [6.07, 6.45) is 3.80. The molecule has 3 aromatic rings. The van der Waals surface area contributed by atoms with Gasteiger partial charge in [-0.1, -0.05) is 43.7 Å². The number of carbonyl (C=O) groups excluding carboxylic acids is 1. The maximum atomic E-state index is 12.1. The number of thiophene rings is 1. The normalized spacial score (nSPS) is 15.0. The molecule has 1 saturated heterocycles. The van der Waals surface area contributed by atoms with E-state index < -0.39 is 0 Å². The van der Waals surface area contributed by atoms with E-state index in [9.17, 15) is 4.79 Å². The summed E-state index contributed by atoms with van der Waals surface area (Å²) in [6, 6.07) is 10.4. The molecule has 1 amide bonds. The van der Waals surface area contributed by atoms with Crippen molar-refractivity contribution in [1.82, 2.24) is 20.2 Å². The fourth-order valence-corrected chi connectivity index (χ4v) is 4.62. The molecule has 1 aliphatic rings. The monoisotopic (exact) mass is 409 g/mol. The number of nitrogens with zero attached hydrogens (tertiary/aromatic N) is 4. The standard InChI is InChI=1S/C22H27N5OS/c1-2-3-9-23-19(28)14-26-10-12-27(13-11-26)21-20-18(17-7-5-4-6-8-17)15-29-22(20)25-16-24-21/h4-8,15-16H,2-3,9-14H2,1H3,(H,23,28). The molecule has 2 aromatic heterocycles. The molecule has 1 fully saturated rings. The van der Waals surface area contributed by atoms with Crippen LogP contribution in [0.2, 0.25) is 0 Å². The number of piperazine rings is 1. The van der Waals surface area contributed by atoms with Gasteiger partial charge in [-0.05, 0) is 12.0 Å². The largest absolute Gasteiger partial charge is 0.355 e. The molecular formula is C22H27N5OS. The second-order valence-corrected chi connectivity index (χ2v) is 8.22. The molecule has 152 valence electrons. The molecule has 7 heteroatoms. The van der Waals surface area contributed by atoms with Gasteiger partial charge in [-0.25, -0.2) is 9.97 Å². The number of amides is 1. The molecule has 1 N–H and O–H groups in total. The van der Waals surface area contributed by atoms with Crippen molar-refractivity contribution in [3.8, 4) is 11.1 Å². The topological polar surface area (TPSA) is 61.4 Å². The van der Waals surface area contributed by atoms with E-state index in [1.54, 1.807) is 17.7 Å². The van der Waals surface area contributed by atoms with Crippen molar-refractivity contribution in [1.29, 1.82) is 0 Å². The Hall–Kier alpha value is -2.51. The van der Waals surface area contributed by atoms with E-state index in [0.717, 1.165) is 61.6 Å². The Bertz CT molecular complexity index is 950. The number of unbranched alkanes of at least 4 members (excludes halogenated alkanes) is 1. The van der Waals surface area contributed by atoms with Crippen LogP contribution in [0.3, 0.4) is 0 Å². The summed E-state index contributed by atoms with van der Waals surface area (Å²) in [7, 11) is 0. The highest BCUT2D eigenvalue weighted by Crippen LogP contribution is 2.37. The van der Waals surface area contributed by atoms with Crippen molar-refractivity contribution >= 4 is 33.3 Å². The van der Waals surface area contributed by atoms with Gasteiger partial charge in [-0.3, -0.25) is 9.69 Å². The highest BCUT2D eigenvalue weighted by Gasteiger charge is 2.23. The lowest BCUT2D eigenvalue weighted by atomic mass is 10.1. The quantitative estimate of drug-likeness (QED) is 0.606. The van der Waals surface area contributed by atoms with E-state index in [0.29, 0.717) is 6.54 Å². The van der Waals surface area contributed by atoms with Crippen LogP contribution >= 0.6 is 11.3 Å². The summed E-state index contributed by atoms with van der Waals surface area (Å²) in [4.78, 5) is 26.8. The third-order valence-corrected chi connectivity index (χ3v) is 6.21. The zero-order valence-corrected chi connectivity index (χ0v) is 17.6. The number of hydrogen-bond donors (Lipinski definition) is 1. The molecule has 6 nitrogen and oxygen atoms in total. The first kappa shape index (κ1) is 19.8. The van der Waals surface area contributed by atoms with Gasteiger partial charge in [0.1, 0.15) is 17.0 Å². The van der Waals surface area contributed by atoms with Gasteiger partial charge in [0.15, 0.2) is 0 Å². The Balaban J connectivity index is 1.46. The third kappa shape index (κ3) is 4.57. The molecular weight excluding hydrogens is 382 g/mol. The minimum absolute atomic E-state index is 0.125. The van der Waals surface area contributed by atoms with Crippen molar-refractivity contribution in [2.45, 2.75) is 19.8 Å². The highest BCUT2D eigenvalue weighted by molar-refractivity contribution is 7.17. The SMILES string of the molecule is CCCCNC(=O)CN1CCN(c2ncnc3scc(-c4ccccc4)c23)CC1. The van der Waals surface area contributed by atoms with Gasteiger partial charge >= 0.3 is 0 Å². The Kier molecular flexibility index (Phi) is 6.36. The zero-order valence-electron chi connectivity index (χ0n) is 16.8. The van der Waals surface area contributed by atoms with Crippen molar-refractivity contribution in [3.63, 3.8) is 0 Å². The van der Waals surface area contributed by atoms with Crippen LogP contribution in [0.25, 0.3) is 21.3 Å². The van der Waals surface area contributed by atoms with Gasteiger partial charge in [-0.2, -0.15) is 0 Å². The van der Waals surface area contributed by atoms with Gasteiger partial charge < -0.3 is 10.2 Å².